The first-order chi connectivity index (χ1) is 10.2. The molecule has 0 aliphatic rings. The number of ether oxygens (including phenoxy) is 1. The van der Waals surface area contributed by atoms with Gasteiger partial charge in [0.2, 0.25) is 0 Å². The molecule has 5 heteroatoms. The molecule has 108 valence electrons. The fourth-order valence-corrected chi connectivity index (χ4v) is 2.15. The van der Waals surface area contributed by atoms with Crippen molar-refractivity contribution in [2.75, 3.05) is 18.2 Å². The highest BCUT2D eigenvalue weighted by molar-refractivity contribution is 7.98. The Morgan fingerprint density at radius 2 is 1.86 bits per heavy atom. The van der Waals surface area contributed by atoms with Gasteiger partial charge in [-0.2, -0.15) is 0 Å². The maximum absolute atomic E-state index is 11.8. The van der Waals surface area contributed by atoms with E-state index in [1.807, 2.05) is 30.5 Å². The molecule has 0 saturated heterocycles. The number of amides is 1. The average molecular weight is 301 g/mol. The number of nitrogens with one attached hydrogen (secondary N) is 1. The van der Waals surface area contributed by atoms with Crippen molar-refractivity contribution < 1.29 is 14.3 Å². The Kier molecular flexibility index (Phi) is 5.40. The first-order valence-electron chi connectivity index (χ1n) is 6.35. The monoisotopic (exact) mass is 301 g/mol. The van der Waals surface area contributed by atoms with Gasteiger partial charge in [-0.05, 0) is 36.6 Å². The summed E-state index contributed by atoms with van der Waals surface area (Å²) in [5.74, 6) is -0.874. The Morgan fingerprint density at radius 3 is 2.57 bits per heavy atom. The number of carbonyl (C=O) groups excluding carboxylic acids is 2. The summed E-state index contributed by atoms with van der Waals surface area (Å²) in [6.07, 6.45) is 1.96. The minimum atomic E-state index is -0.511. The van der Waals surface area contributed by atoms with E-state index in [-0.39, 0.29) is 12.5 Å². The summed E-state index contributed by atoms with van der Waals surface area (Å²) in [5, 5.41) is 2.69. The van der Waals surface area contributed by atoms with Crippen LogP contribution in [0.3, 0.4) is 0 Å². The summed E-state index contributed by atoms with van der Waals surface area (Å²) in [6, 6.07) is 16.0. The van der Waals surface area contributed by atoms with Crippen LogP contribution in [0.25, 0.3) is 0 Å². The Bertz CT molecular complexity index is 628. The predicted molar refractivity (Wildman–Crippen MR) is 83.6 cm³/mol. The molecule has 2 aromatic rings. The van der Waals surface area contributed by atoms with Gasteiger partial charge in [-0.25, -0.2) is 4.79 Å². The molecule has 2 aromatic carbocycles. The molecule has 0 aliphatic carbocycles. The van der Waals surface area contributed by atoms with Gasteiger partial charge in [0.1, 0.15) is 0 Å². The third kappa shape index (κ3) is 4.65. The van der Waals surface area contributed by atoms with E-state index in [1.165, 1.54) is 0 Å². The summed E-state index contributed by atoms with van der Waals surface area (Å²) < 4.78 is 4.96. The highest BCUT2D eigenvalue weighted by atomic mass is 32.2. The first kappa shape index (κ1) is 15.1. The van der Waals surface area contributed by atoms with E-state index in [2.05, 4.69) is 5.32 Å². The van der Waals surface area contributed by atoms with E-state index in [4.69, 9.17) is 4.74 Å². The number of rotatable bonds is 5. The fraction of sp³-hybridized carbons (Fsp3) is 0.125. The second kappa shape index (κ2) is 7.50. The van der Waals surface area contributed by atoms with Crippen molar-refractivity contribution in [2.24, 2.45) is 0 Å². The van der Waals surface area contributed by atoms with Gasteiger partial charge in [0.25, 0.3) is 5.91 Å². The Balaban J connectivity index is 1.86. The summed E-state index contributed by atoms with van der Waals surface area (Å²) in [4.78, 5) is 24.5. The van der Waals surface area contributed by atoms with Gasteiger partial charge in [-0.3, -0.25) is 4.79 Å². The van der Waals surface area contributed by atoms with Crippen molar-refractivity contribution >= 4 is 29.3 Å². The molecule has 0 heterocycles. The van der Waals surface area contributed by atoms with Gasteiger partial charge in [-0.15, -0.1) is 11.8 Å². The molecule has 1 amide bonds. The van der Waals surface area contributed by atoms with Crippen LogP contribution < -0.4 is 5.32 Å². The van der Waals surface area contributed by atoms with E-state index >= 15 is 0 Å². The van der Waals surface area contributed by atoms with Gasteiger partial charge in [0.05, 0.1) is 5.56 Å². The zero-order valence-electron chi connectivity index (χ0n) is 11.5. The lowest BCUT2D eigenvalue weighted by molar-refractivity contribution is -0.119. The minimum absolute atomic E-state index is 0.308. The minimum Gasteiger partial charge on any atom is -0.452 e. The van der Waals surface area contributed by atoms with Gasteiger partial charge < -0.3 is 10.1 Å². The number of benzene rings is 2. The third-order valence-corrected chi connectivity index (χ3v) is 3.42. The highest BCUT2D eigenvalue weighted by Gasteiger charge is 2.09. The number of carbonyl (C=O) groups is 2. The van der Waals surface area contributed by atoms with Crippen LogP contribution in [0.4, 0.5) is 5.69 Å². The maximum atomic E-state index is 11.8. The number of esters is 1. The second-order valence-corrected chi connectivity index (χ2v) is 5.10. The second-order valence-electron chi connectivity index (χ2n) is 4.22. The van der Waals surface area contributed by atoms with E-state index in [0.29, 0.717) is 11.3 Å². The first-order valence-corrected chi connectivity index (χ1v) is 7.57. The molecule has 0 bridgehead atoms. The van der Waals surface area contributed by atoms with Crippen LogP contribution in [0.15, 0.2) is 59.5 Å². The van der Waals surface area contributed by atoms with Crippen molar-refractivity contribution in [1.29, 1.82) is 0 Å². The molecule has 2 rings (SSSR count). The van der Waals surface area contributed by atoms with E-state index in [9.17, 15) is 9.59 Å². The van der Waals surface area contributed by atoms with Gasteiger partial charge >= 0.3 is 5.97 Å². The summed E-state index contributed by atoms with van der Waals surface area (Å²) in [6.45, 7) is -0.308. The van der Waals surface area contributed by atoms with Crippen molar-refractivity contribution in [1.82, 2.24) is 0 Å². The number of hydrogen-bond donors (Lipinski definition) is 1. The zero-order chi connectivity index (χ0) is 15.1. The van der Waals surface area contributed by atoms with Crippen LogP contribution in [0, 0.1) is 0 Å². The standard InChI is InChI=1S/C16H15NO3S/c1-21-14-9-5-8-13(10-14)17-15(18)11-20-16(19)12-6-3-2-4-7-12/h2-10H,11H2,1H3,(H,17,18). The van der Waals surface area contributed by atoms with E-state index in [0.717, 1.165) is 4.90 Å². The van der Waals surface area contributed by atoms with Crippen LogP contribution in [-0.4, -0.2) is 24.7 Å². The molecule has 21 heavy (non-hydrogen) atoms. The number of hydrogen-bond acceptors (Lipinski definition) is 4. The largest absolute Gasteiger partial charge is 0.452 e. The molecule has 1 N–H and O–H groups in total. The third-order valence-electron chi connectivity index (χ3n) is 2.70. The lowest BCUT2D eigenvalue weighted by atomic mass is 10.2. The molecule has 0 aliphatic heterocycles. The SMILES string of the molecule is CSc1cccc(NC(=O)COC(=O)c2ccccc2)c1. The lowest BCUT2D eigenvalue weighted by Crippen LogP contribution is -2.20. The Labute approximate surface area is 127 Å². The quantitative estimate of drug-likeness (QED) is 0.680. The van der Waals surface area contributed by atoms with Crippen molar-refractivity contribution in [3.05, 3.63) is 60.2 Å². The Morgan fingerprint density at radius 1 is 1.10 bits per heavy atom. The average Bonchev–Trinajstić information content (AvgIpc) is 2.53. The molecule has 0 saturated carbocycles. The van der Waals surface area contributed by atoms with Crippen LogP contribution in [-0.2, 0) is 9.53 Å². The molecule has 0 spiro atoms. The molecule has 0 aromatic heterocycles. The maximum Gasteiger partial charge on any atom is 0.338 e. The normalized spacial score (nSPS) is 9.95. The van der Waals surface area contributed by atoms with E-state index < -0.39 is 5.97 Å². The fourth-order valence-electron chi connectivity index (χ4n) is 1.69. The summed E-state index contributed by atoms with van der Waals surface area (Å²) in [7, 11) is 0. The Hall–Kier alpha value is -2.27. The number of anilines is 1. The predicted octanol–water partition coefficient (Wildman–Crippen LogP) is 3.20. The van der Waals surface area contributed by atoms with Crippen molar-refractivity contribution in [3.63, 3.8) is 0 Å². The van der Waals surface area contributed by atoms with Crippen LogP contribution >= 0.6 is 11.8 Å². The molecular weight excluding hydrogens is 286 g/mol. The van der Waals surface area contributed by atoms with Gasteiger partial charge in [0.15, 0.2) is 6.61 Å². The molecule has 0 atom stereocenters. The number of thioether (sulfide) groups is 1. The molecular formula is C16H15NO3S. The van der Waals surface area contributed by atoms with Gasteiger partial charge in [-0.1, -0.05) is 24.3 Å². The highest BCUT2D eigenvalue weighted by Crippen LogP contribution is 2.18. The molecule has 0 unspecified atom stereocenters. The van der Waals surface area contributed by atoms with E-state index in [1.54, 1.807) is 42.1 Å². The summed E-state index contributed by atoms with van der Waals surface area (Å²) >= 11 is 1.59. The van der Waals surface area contributed by atoms with Crippen molar-refractivity contribution in [3.8, 4) is 0 Å². The lowest BCUT2D eigenvalue weighted by Gasteiger charge is -2.07. The smallest absolute Gasteiger partial charge is 0.338 e. The summed E-state index contributed by atoms with van der Waals surface area (Å²) in [5.41, 5.74) is 1.11. The molecule has 0 radical (unpaired) electrons. The molecule has 0 fully saturated rings. The topological polar surface area (TPSA) is 55.4 Å². The van der Waals surface area contributed by atoms with Gasteiger partial charge in [0, 0.05) is 10.6 Å². The van der Waals surface area contributed by atoms with Crippen molar-refractivity contribution in [2.45, 2.75) is 4.90 Å². The van der Waals surface area contributed by atoms with Crippen LogP contribution in [0.2, 0.25) is 0 Å². The van der Waals surface area contributed by atoms with Crippen LogP contribution in [0.5, 0.6) is 0 Å². The van der Waals surface area contributed by atoms with Crippen LogP contribution in [0.1, 0.15) is 10.4 Å². The molecule has 4 nitrogen and oxygen atoms in total. The zero-order valence-corrected chi connectivity index (χ0v) is 12.4.